The second-order valence-electron chi connectivity index (χ2n) is 5.56. The van der Waals surface area contributed by atoms with Crippen LogP contribution in [0, 0.1) is 19.8 Å². The maximum atomic E-state index is 5.78. The van der Waals surface area contributed by atoms with E-state index in [1.165, 1.54) is 5.56 Å². The van der Waals surface area contributed by atoms with Gasteiger partial charge in [0.15, 0.2) is 0 Å². The number of ether oxygens (including phenoxy) is 1. The molecule has 1 aliphatic rings. The van der Waals surface area contributed by atoms with E-state index in [9.17, 15) is 0 Å². The van der Waals surface area contributed by atoms with E-state index in [1.54, 1.807) is 0 Å². The Labute approximate surface area is 109 Å². The van der Waals surface area contributed by atoms with Crippen LogP contribution in [0.5, 0.6) is 0 Å². The van der Waals surface area contributed by atoms with Crippen LogP contribution in [-0.4, -0.2) is 23.9 Å². The minimum Gasteiger partial charge on any atom is -0.378 e. The lowest BCUT2D eigenvalue weighted by Gasteiger charge is -2.32. The summed E-state index contributed by atoms with van der Waals surface area (Å²) in [6.45, 7) is 10.1. The molecule has 4 nitrogen and oxygen atoms in total. The predicted molar refractivity (Wildman–Crippen MR) is 70.4 cm³/mol. The molecule has 0 radical (unpaired) electrons. The summed E-state index contributed by atoms with van der Waals surface area (Å²) in [4.78, 5) is 0. The molecule has 2 heterocycles. The highest BCUT2D eigenvalue weighted by Gasteiger charge is 2.24. The molecule has 18 heavy (non-hydrogen) atoms. The minimum atomic E-state index is 0.390. The first-order chi connectivity index (χ1) is 8.58. The largest absolute Gasteiger partial charge is 0.378 e. The van der Waals surface area contributed by atoms with Crippen LogP contribution in [0.1, 0.15) is 43.7 Å². The zero-order chi connectivity index (χ0) is 13.1. The zero-order valence-corrected chi connectivity index (χ0v) is 11.8. The van der Waals surface area contributed by atoms with Gasteiger partial charge in [0.2, 0.25) is 0 Å². The fraction of sp³-hybridized carbons (Fsp3) is 0.786. The summed E-state index contributed by atoms with van der Waals surface area (Å²) in [5.41, 5.74) is 2.19. The van der Waals surface area contributed by atoms with Gasteiger partial charge in [0.25, 0.3) is 0 Å². The summed E-state index contributed by atoms with van der Waals surface area (Å²) in [6.07, 6.45) is 2.58. The van der Waals surface area contributed by atoms with Gasteiger partial charge in [-0.2, -0.15) is 0 Å². The first-order valence-corrected chi connectivity index (χ1v) is 6.84. The molecule has 1 N–H and O–H groups in total. The lowest BCUT2D eigenvalue weighted by Crippen LogP contribution is -2.40. The van der Waals surface area contributed by atoms with Gasteiger partial charge in [-0.05, 0) is 32.6 Å². The average Bonchev–Trinajstić information content (AvgIpc) is 2.67. The van der Waals surface area contributed by atoms with E-state index in [1.807, 2.05) is 13.8 Å². The summed E-state index contributed by atoms with van der Waals surface area (Å²) in [5, 5.41) is 7.59. The molecule has 1 aromatic rings. The lowest BCUT2D eigenvalue weighted by atomic mass is 9.95. The number of aromatic nitrogens is 1. The van der Waals surface area contributed by atoms with Crippen LogP contribution in [0.15, 0.2) is 4.52 Å². The number of aryl methyl sites for hydroxylation is 2. The van der Waals surface area contributed by atoms with Crippen LogP contribution in [0.2, 0.25) is 0 Å². The Morgan fingerprint density at radius 1 is 1.39 bits per heavy atom. The van der Waals surface area contributed by atoms with Gasteiger partial charge in [0.1, 0.15) is 5.76 Å². The molecule has 0 aromatic carbocycles. The second-order valence-corrected chi connectivity index (χ2v) is 5.56. The standard InChI is InChI=1S/C14H24N2O2/c1-9(2)14-7-12(5-6-17-14)15-8-13-10(3)16-18-11(13)4/h9,12,14-15H,5-8H2,1-4H3. The summed E-state index contributed by atoms with van der Waals surface area (Å²) in [6, 6.07) is 0.542. The zero-order valence-electron chi connectivity index (χ0n) is 11.8. The molecule has 2 rings (SSSR count). The van der Waals surface area contributed by atoms with Gasteiger partial charge < -0.3 is 14.6 Å². The first kappa shape index (κ1) is 13.6. The fourth-order valence-electron chi connectivity index (χ4n) is 2.48. The number of nitrogens with zero attached hydrogens (tertiary/aromatic N) is 1. The minimum absolute atomic E-state index is 0.390. The summed E-state index contributed by atoms with van der Waals surface area (Å²) >= 11 is 0. The molecule has 2 unspecified atom stereocenters. The fourth-order valence-corrected chi connectivity index (χ4v) is 2.48. The molecule has 102 valence electrons. The van der Waals surface area contributed by atoms with Gasteiger partial charge in [-0.1, -0.05) is 19.0 Å². The van der Waals surface area contributed by atoms with Crippen molar-refractivity contribution in [2.24, 2.45) is 5.92 Å². The van der Waals surface area contributed by atoms with Gasteiger partial charge in [0, 0.05) is 24.8 Å². The molecular weight excluding hydrogens is 228 g/mol. The van der Waals surface area contributed by atoms with Crippen LogP contribution in [0.4, 0.5) is 0 Å². The highest BCUT2D eigenvalue weighted by Crippen LogP contribution is 2.21. The topological polar surface area (TPSA) is 47.3 Å². The molecule has 4 heteroatoms. The van der Waals surface area contributed by atoms with Crippen molar-refractivity contribution in [2.75, 3.05) is 6.61 Å². The Hall–Kier alpha value is -0.870. The van der Waals surface area contributed by atoms with E-state index in [0.717, 1.165) is 37.4 Å². The molecule has 1 aromatic heterocycles. The van der Waals surface area contributed by atoms with Crippen LogP contribution in [-0.2, 0) is 11.3 Å². The Balaban J connectivity index is 1.87. The quantitative estimate of drug-likeness (QED) is 0.894. The van der Waals surface area contributed by atoms with Crippen LogP contribution < -0.4 is 5.32 Å². The van der Waals surface area contributed by atoms with E-state index in [2.05, 4.69) is 24.3 Å². The van der Waals surface area contributed by atoms with Gasteiger partial charge in [-0.3, -0.25) is 0 Å². The number of nitrogens with one attached hydrogen (secondary N) is 1. The molecule has 0 saturated carbocycles. The van der Waals surface area contributed by atoms with E-state index >= 15 is 0 Å². The molecule has 0 spiro atoms. The molecule has 1 saturated heterocycles. The highest BCUT2D eigenvalue weighted by molar-refractivity contribution is 5.20. The van der Waals surface area contributed by atoms with Crippen molar-refractivity contribution in [2.45, 2.75) is 59.2 Å². The predicted octanol–water partition coefficient (Wildman–Crippen LogP) is 2.58. The van der Waals surface area contributed by atoms with Crippen molar-refractivity contribution in [3.8, 4) is 0 Å². The van der Waals surface area contributed by atoms with Gasteiger partial charge in [0.05, 0.1) is 11.8 Å². The Kier molecular flexibility index (Phi) is 4.40. The third-order valence-electron chi connectivity index (χ3n) is 3.81. The normalized spacial score (nSPS) is 24.7. The van der Waals surface area contributed by atoms with Gasteiger partial charge >= 0.3 is 0 Å². The first-order valence-electron chi connectivity index (χ1n) is 6.84. The van der Waals surface area contributed by atoms with E-state index in [-0.39, 0.29) is 0 Å². The molecule has 2 atom stereocenters. The molecular formula is C14H24N2O2. The Bertz CT molecular complexity index is 368. The molecule has 1 aliphatic heterocycles. The third-order valence-corrected chi connectivity index (χ3v) is 3.81. The van der Waals surface area contributed by atoms with E-state index in [0.29, 0.717) is 18.1 Å². The van der Waals surface area contributed by atoms with Crippen molar-refractivity contribution >= 4 is 0 Å². The molecule has 1 fully saturated rings. The van der Waals surface area contributed by atoms with Crippen molar-refractivity contribution < 1.29 is 9.26 Å². The SMILES string of the molecule is Cc1noc(C)c1CNC1CCOC(C(C)C)C1. The van der Waals surface area contributed by atoms with Crippen LogP contribution >= 0.6 is 0 Å². The van der Waals surface area contributed by atoms with E-state index in [4.69, 9.17) is 9.26 Å². The highest BCUT2D eigenvalue weighted by atomic mass is 16.5. The number of hydrogen-bond donors (Lipinski definition) is 1. The van der Waals surface area contributed by atoms with Crippen LogP contribution in [0.25, 0.3) is 0 Å². The molecule has 0 aliphatic carbocycles. The maximum Gasteiger partial charge on any atom is 0.138 e. The van der Waals surface area contributed by atoms with Crippen LogP contribution in [0.3, 0.4) is 0 Å². The average molecular weight is 252 g/mol. The molecule has 0 bridgehead atoms. The lowest BCUT2D eigenvalue weighted by molar-refractivity contribution is -0.0245. The van der Waals surface area contributed by atoms with Crippen molar-refractivity contribution in [1.29, 1.82) is 0 Å². The molecule has 0 amide bonds. The Morgan fingerprint density at radius 3 is 2.78 bits per heavy atom. The monoisotopic (exact) mass is 252 g/mol. The van der Waals surface area contributed by atoms with Crippen molar-refractivity contribution in [3.05, 3.63) is 17.0 Å². The number of rotatable bonds is 4. The van der Waals surface area contributed by atoms with Crippen molar-refractivity contribution in [3.63, 3.8) is 0 Å². The van der Waals surface area contributed by atoms with Gasteiger partial charge in [-0.25, -0.2) is 0 Å². The van der Waals surface area contributed by atoms with Crippen molar-refractivity contribution in [1.82, 2.24) is 10.5 Å². The Morgan fingerprint density at radius 2 is 2.17 bits per heavy atom. The summed E-state index contributed by atoms with van der Waals surface area (Å²) in [7, 11) is 0. The maximum absolute atomic E-state index is 5.78. The van der Waals surface area contributed by atoms with E-state index < -0.39 is 0 Å². The smallest absolute Gasteiger partial charge is 0.138 e. The number of hydrogen-bond acceptors (Lipinski definition) is 4. The summed E-state index contributed by atoms with van der Waals surface area (Å²) in [5.74, 6) is 1.51. The third kappa shape index (κ3) is 3.12. The summed E-state index contributed by atoms with van der Waals surface area (Å²) < 4.78 is 11.0. The van der Waals surface area contributed by atoms with Gasteiger partial charge in [-0.15, -0.1) is 0 Å². The second kappa shape index (κ2) is 5.85.